The van der Waals surface area contributed by atoms with Gasteiger partial charge in [0.05, 0.1) is 0 Å². The van der Waals surface area contributed by atoms with Gasteiger partial charge in [-0.15, -0.1) is 24.0 Å². The Kier molecular flexibility index (Phi) is 7.38. The quantitative estimate of drug-likeness (QED) is 0.367. The average Bonchev–Trinajstić information content (AvgIpc) is 2.63. The molecular formula is C19H22FIN4O. The summed E-state index contributed by atoms with van der Waals surface area (Å²) in [5, 5.41) is 9.36. The van der Waals surface area contributed by atoms with Gasteiger partial charge >= 0.3 is 0 Å². The first-order chi connectivity index (χ1) is 12.2. The largest absolute Gasteiger partial charge is 0.356 e. The third-order valence-corrected chi connectivity index (χ3v) is 4.22. The smallest absolute Gasteiger partial charge is 0.225 e. The number of hydrogen-bond donors (Lipinski definition) is 3. The van der Waals surface area contributed by atoms with Crippen molar-refractivity contribution in [2.45, 2.75) is 18.9 Å². The number of rotatable bonds is 4. The molecule has 2 aromatic rings. The van der Waals surface area contributed by atoms with Crippen LogP contribution >= 0.6 is 24.0 Å². The molecule has 26 heavy (non-hydrogen) atoms. The lowest BCUT2D eigenvalue weighted by molar-refractivity contribution is -0.116. The minimum Gasteiger partial charge on any atom is -0.356 e. The van der Waals surface area contributed by atoms with Crippen LogP contribution in [0.2, 0.25) is 0 Å². The van der Waals surface area contributed by atoms with E-state index in [1.165, 1.54) is 12.1 Å². The lowest BCUT2D eigenvalue weighted by atomic mass is 9.90. The summed E-state index contributed by atoms with van der Waals surface area (Å²) in [5.41, 5.74) is 2.97. The standard InChI is InChI=1S/C19H21FN4O.HI/c1-21-19(22-11-13-6-8-15(20)9-7-13)23-12-14-10-18(25)24-17-5-3-2-4-16(14)17;/h2-9,14H,10-12H2,1H3,(H,24,25)(H2,21,22,23);1H. The number of guanidine groups is 1. The van der Waals surface area contributed by atoms with E-state index in [2.05, 4.69) is 20.9 Å². The van der Waals surface area contributed by atoms with E-state index in [9.17, 15) is 9.18 Å². The molecule has 1 aliphatic rings. The van der Waals surface area contributed by atoms with Crippen LogP contribution in [-0.4, -0.2) is 25.5 Å². The number of amides is 1. The Hall–Kier alpha value is -2.16. The number of carbonyl (C=O) groups is 1. The summed E-state index contributed by atoms with van der Waals surface area (Å²) in [4.78, 5) is 16.1. The highest BCUT2D eigenvalue weighted by Gasteiger charge is 2.24. The monoisotopic (exact) mass is 468 g/mol. The van der Waals surface area contributed by atoms with Gasteiger partial charge < -0.3 is 16.0 Å². The van der Waals surface area contributed by atoms with Crippen molar-refractivity contribution in [1.82, 2.24) is 10.6 Å². The number of nitrogens with zero attached hydrogens (tertiary/aromatic N) is 1. The fourth-order valence-electron chi connectivity index (χ4n) is 2.91. The molecule has 5 nitrogen and oxygen atoms in total. The van der Waals surface area contributed by atoms with Crippen LogP contribution in [0.5, 0.6) is 0 Å². The maximum absolute atomic E-state index is 12.9. The predicted octanol–water partition coefficient (Wildman–Crippen LogP) is 3.23. The predicted molar refractivity (Wildman–Crippen MR) is 112 cm³/mol. The van der Waals surface area contributed by atoms with Gasteiger partial charge in [-0.3, -0.25) is 9.79 Å². The highest BCUT2D eigenvalue weighted by Crippen LogP contribution is 2.31. The molecule has 1 unspecified atom stereocenters. The zero-order valence-corrected chi connectivity index (χ0v) is 16.8. The first-order valence-electron chi connectivity index (χ1n) is 8.23. The zero-order valence-electron chi connectivity index (χ0n) is 14.5. The van der Waals surface area contributed by atoms with Crippen LogP contribution in [0.3, 0.4) is 0 Å². The number of anilines is 1. The van der Waals surface area contributed by atoms with Crippen molar-refractivity contribution < 1.29 is 9.18 Å². The van der Waals surface area contributed by atoms with Crippen LogP contribution in [0, 0.1) is 5.82 Å². The maximum atomic E-state index is 12.9. The summed E-state index contributed by atoms with van der Waals surface area (Å²) in [6, 6.07) is 14.2. The van der Waals surface area contributed by atoms with Crippen molar-refractivity contribution in [3.05, 3.63) is 65.5 Å². The molecule has 0 aliphatic carbocycles. The number of nitrogens with one attached hydrogen (secondary N) is 3. The molecule has 1 heterocycles. The van der Waals surface area contributed by atoms with Crippen LogP contribution in [0.1, 0.15) is 23.5 Å². The second-order valence-corrected chi connectivity index (χ2v) is 5.97. The number of carbonyl (C=O) groups excluding carboxylic acids is 1. The summed E-state index contributed by atoms with van der Waals surface area (Å²) in [6.07, 6.45) is 0.443. The molecule has 7 heteroatoms. The Bertz CT molecular complexity index is 779. The van der Waals surface area contributed by atoms with Crippen molar-refractivity contribution in [2.75, 3.05) is 18.9 Å². The van der Waals surface area contributed by atoms with E-state index in [-0.39, 0.29) is 41.6 Å². The molecule has 1 amide bonds. The number of halogens is 2. The molecule has 0 spiro atoms. The van der Waals surface area contributed by atoms with Gasteiger partial charge in [0.1, 0.15) is 5.82 Å². The van der Waals surface area contributed by atoms with E-state index in [0.717, 1.165) is 16.8 Å². The van der Waals surface area contributed by atoms with Crippen LogP contribution in [0.25, 0.3) is 0 Å². The Morgan fingerprint density at radius 1 is 1.19 bits per heavy atom. The van der Waals surface area contributed by atoms with Crippen molar-refractivity contribution >= 4 is 41.5 Å². The van der Waals surface area contributed by atoms with E-state index in [0.29, 0.717) is 25.5 Å². The normalized spacial score (nSPS) is 16.2. The molecule has 0 saturated carbocycles. The van der Waals surface area contributed by atoms with Gasteiger partial charge in [0.25, 0.3) is 0 Å². The molecule has 3 N–H and O–H groups in total. The highest BCUT2D eigenvalue weighted by molar-refractivity contribution is 14.0. The second kappa shape index (κ2) is 9.51. The van der Waals surface area contributed by atoms with Crippen LogP contribution < -0.4 is 16.0 Å². The van der Waals surface area contributed by atoms with Gasteiger partial charge in [0, 0.05) is 38.2 Å². The number of benzene rings is 2. The van der Waals surface area contributed by atoms with E-state index >= 15 is 0 Å². The molecule has 0 aromatic heterocycles. The molecule has 0 saturated heterocycles. The van der Waals surface area contributed by atoms with E-state index < -0.39 is 0 Å². The SMILES string of the molecule is CN=C(NCc1ccc(F)cc1)NCC1CC(=O)Nc2ccccc21.I. The average molecular weight is 468 g/mol. The van der Waals surface area contributed by atoms with Crippen LogP contribution in [-0.2, 0) is 11.3 Å². The van der Waals surface area contributed by atoms with Gasteiger partial charge in [0.2, 0.25) is 5.91 Å². The molecular weight excluding hydrogens is 446 g/mol. The molecule has 1 aliphatic heterocycles. The first kappa shape index (κ1) is 20.2. The number of hydrogen-bond acceptors (Lipinski definition) is 2. The fraction of sp³-hybridized carbons (Fsp3) is 0.263. The Morgan fingerprint density at radius 2 is 1.92 bits per heavy atom. The minimum absolute atomic E-state index is 0. The molecule has 0 bridgehead atoms. The Balaban J connectivity index is 0.00000243. The summed E-state index contributed by atoms with van der Waals surface area (Å²) in [7, 11) is 1.70. The summed E-state index contributed by atoms with van der Waals surface area (Å²) in [5.74, 6) is 0.516. The van der Waals surface area contributed by atoms with Crippen molar-refractivity contribution in [3.8, 4) is 0 Å². The zero-order chi connectivity index (χ0) is 17.6. The summed E-state index contributed by atoms with van der Waals surface area (Å²) in [6.45, 7) is 1.15. The second-order valence-electron chi connectivity index (χ2n) is 5.97. The summed E-state index contributed by atoms with van der Waals surface area (Å²) >= 11 is 0. The third kappa shape index (κ3) is 5.17. The molecule has 0 fully saturated rings. The minimum atomic E-state index is -0.250. The van der Waals surface area contributed by atoms with E-state index in [1.54, 1.807) is 19.2 Å². The van der Waals surface area contributed by atoms with E-state index in [1.807, 2.05) is 24.3 Å². The van der Waals surface area contributed by atoms with Crippen LogP contribution in [0.15, 0.2) is 53.5 Å². The molecule has 2 aromatic carbocycles. The Morgan fingerprint density at radius 3 is 2.65 bits per heavy atom. The van der Waals surface area contributed by atoms with Crippen molar-refractivity contribution in [1.29, 1.82) is 0 Å². The lowest BCUT2D eigenvalue weighted by Gasteiger charge is -2.26. The lowest BCUT2D eigenvalue weighted by Crippen LogP contribution is -2.40. The summed E-state index contributed by atoms with van der Waals surface area (Å²) < 4.78 is 12.9. The number of fused-ring (bicyclic) bond motifs is 1. The Labute approximate surface area is 169 Å². The van der Waals surface area contributed by atoms with Gasteiger partial charge in [-0.1, -0.05) is 30.3 Å². The van der Waals surface area contributed by atoms with Gasteiger partial charge in [-0.05, 0) is 29.3 Å². The number of aliphatic imine (C=N–C) groups is 1. The molecule has 3 rings (SSSR count). The van der Waals surface area contributed by atoms with Gasteiger partial charge in [-0.25, -0.2) is 4.39 Å². The fourth-order valence-corrected chi connectivity index (χ4v) is 2.91. The van der Waals surface area contributed by atoms with Crippen molar-refractivity contribution in [3.63, 3.8) is 0 Å². The van der Waals surface area contributed by atoms with E-state index in [4.69, 9.17) is 0 Å². The molecule has 0 radical (unpaired) electrons. The maximum Gasteiger partial charge on any atom is 0.225 e. The van der Waals surface area contributed by atoms with Gasteiger partial charge in [-0.2, -0.15) is 0 Å². The third-order valence-electron chi connectivity index (χ3n) is 4.22. The van der Waals surface area contributed by atoms with Crippen LogP contribution in [0.4, 0.5) is 10.1 Å². The highest BCUT2D eigenvalue weighted by atomic mass is 127. The number of para-hydroxylation sites is 1. The topological polar surface area (TPSA) is 65.5 Å². The molecule has 138 valence electrons. The van der Waals surface area contributed by atoms with Gasteiger partial charge in [0.15, 0.2) is 5.96 Å². The first-order valence-corrected chi connectivity index (χ1v) is 8.23. The van der Waals surface area contributed by atoms with Crippen molar-refractivity contribution in [2.24, 2.45) is 4.99 Å². The molecule has 1 atom stereocenters.